The highest BCUT2D eigenvalue weighted by Crippen LogP contribution is 2.30. The molecule has 18 heavy (non-hydrogen) atoms. The third-order valence-electron chi connectivity index (χ3n) is 3.65. The van der Waals surface area contributed by atoms with Gasteiger partial charge in [-0.15, -0.1) is 0 Å². The standard InChI is InChI=1S/C14H18FNO2/c1-2-13(10-3-5-12(15)6-4-10)16-8-7-11(9-16)14(17)18/h3-6,11,13H,2,7-9H2,1H3,(H,17,18)/t11-,13-/m1/s1. The lowest BCUT2D eigenvalue weighted by molar-refractivity contribution is -0.141. The highest BCUT2D eigenvalue weighted by atomic mass is 19.1. The summed E-state index contributed by atoms with van der Waals surface area (Å²) in [5.41, 5.74) is 1.06. The summed E-state index contributed by atoms with van der Waals surface area (Å²) in [6, 6.07) is 6.69. The molecule has 2 atom stereocenters. The first-order chi connectivity index (χ1) is 8.61. The summed E-state index contributed by atoms with van der Waals surface area (Å²) in [5, 5.41) is 9.02. The zero-order valence-electron chi connectivity index (χ0n) is 10.5. The Morgan fingerprint density at radius 2 is 2.17 bits per heavy atom. The number of nitrogens with zero attached hydrogens (tertiary/aromatic N) is 1. The summed E-state index contributed by atoms with van der Waals surface area (Å²) in [5.74, 6) is -1.22. The maximum Gasteiger partial charge on any atom is 0.307 e. The highest BCUT2D eigenvalue weighted by molar-refractivity contribution is 5.70. The Hall–Kier alpha value is -1.42. The van der Waals surface area contributed by atoms with E-state index in [4.69, 9.17) is 5.11 Å². The minimum Gasteiger partial charge on any atom is -0.481 e. The largest absolute Gasteiger partial charge is 0.481 e. The van der Waals surface area contributed by atoms with E-state index in [0.29, 0.717) is 13.0 Å². The van der Waals surface area contributed by atoms with Crippen LogP contribution in [0.5, 0.6) is 0 Å². The summed E-state index contributed by atoms with van der Waals surface area (Å²) >= 11 is 0. The smallest absolute Gasteiger partial charge is 0.307 e. The number of hydrogen-bond acceptors (Lipinski definition) is 2. The molecule has 1 aromatic rings. The van der Waals surface area contributed by atoms with Crippen molar-refractivity contribution in [2.45, 2.75) is 25.8 Å². The van der Waals surface area contributed by atoms with Gasteiger partial charge in [0.05, 0.1) is 5.92 Å². The van der Waals surface area contributed by atoms with Crippen molar-refractivity contribution in [1.29, 1.82) is 0 Å². The van der Waals surface area contributed by atoms with Crippen molar-refractivity contribution in [1.82, 2.24) is 4.90 Å². The zero-order valence-corrected chi connectivity index (χ0v) is 10.5. The lowest BCUT2D eigenvalue weighted by atomic mass is 10.0. The van der Waals surface area contributed by atoms with E-state index < -0.39 is 5.97 Å². The normalized spacial score (nSPS) is 22.0. The second-order valence-corrected chi connectivity index (χ2v) is 4.79. The SMILES string of the molecule is CC[C@H](c1ccc(F)cc1)N1CC[C@@H](C(=O)O)C1. The number of hydrogen-bond donors (Lipinski definition) is 1. The van der Waals surface area contributed by atoms with Crippen LogP contribution in [0.25, 0.3) is 0 Å². The summed E-state index contributed by atoms with van der Waals surface area (Å²) in [6.07, 6.45) is 1.60. The van der Waals surface area contributed by atoms with Crippen molar-refractivity contribution in [3.05, 3.63) is 35.6 Å². The number of rotatable bonds is 4. The van der Waals surface area contributed by atoms with E-state index in [9.17, 15) is 9.18 Å². The molecule has 0 bridgehead atoms. The number of likely N-dealkylation sites (tertiary alicyclic amines) is 1. The lowest BCUT2D eigenvalue weighted by Crippen LogP contribution is -2.27. The molecule has 1 saturated heterocycles. The zero-order chi connectivity index (χ0) is 13.1. The van der Waals surface area contributed by atoms with Gasteiger partial charge in [-0.1, -0.05) is 19.1 Å². The number of carboxylic acids is 1. The molecule has 1 aliphatic heterocycles. The third-order valence-corrected chi connectivity index (χ3v) is 3.65. The van der Waals surface area contributed by atoms with E-state index in [2.05, 4.69) is 11.8 Å². The van der Waals surface area contributed by atoms with Gasteiger partial charge in [-0.3, -0.25) is 9.69 Å². The molecule has 1 N–H and O–H groups in total. The van der Waals surface area contributed by atoms with Crippen molar-refractivity contribution in [3.8, 4) is 0 Å². The van der Waals surface area contributed by atoms with Crippen molar-refractivity contribution in [2.75, 3.05) is 13.1 Å². The molecule has 0 spiro atoms. The fraction of sp³-hybridized carbons (Fsp3) is 0.500. The summed E-state index contributed by atoms with van der Waals surface area (Å²) in [6.45, 7) is 3.46. The fourth-order valence-corrected chi connectivity index (χ4v) is 2.66. The van der Waals surface area contributed by atoms with Crippen LogP contribution in [0.3, 0.4) is 0 Å². The molecule has 1 aromatic carbocycles. The Morgan fingerprint density at radius 3 is 2.67 bits per heavy atom. The Bertz CT molecular complexity index is 418. The van der Waals surface area contributed by atoms with Crippen LogP contribution in [-0.2, 0) is 4.79 Å². The molecule has 2 rings (SSSR count). The average molecular weight is 251 g/mol. The molecule has 0 saturated carbocycles. The molecule has 0 unspecified atom stereocenters. The molecule has 98 valence electrons. The number of carboxylic acid groups (broad SMARTS) is 1. The molecule has 3 nitrogen and oxygen atoms in total. The first-order valence-electron chi connectivity index (χ1n) is 6.34. The summed E-state index contributed by atoms with van der Waals surface area (Å²) in [4.78, 5) is 13.1. The van der Waals surface area contributed by atoms with Crippen LogP contribution in [-0.4, -0.2) is 29.1 Å². The minimum atomic E-state index is -0.716. The molecule has 1 aliphatic rings. The number of aliphatic carboxylic acids is 1. The van der Waals surface area contributed by atoms with Gasteiger partial charge in [0.2, 0.25) is 0 Å². The van der Waals surface area contributed by atoms with Crippen molar-refractivity contribution in [2.24, 2.45) is 5.92 Å². The predicted octanol–water partition coefficient (Wildman–Crippen LogP) is 2.68. The lowest BCUT2D eigenvalue weighted by Gasteiger charge is -2.27. The molecule has 1 heterocycles. The van der Waals surface area contributed by atoms with E-state index in [0.717, 1.165) is 18.5 Å². The van der Waals surface area contributed by atoms with E-state index in [1.807, 2.05) is 0 Å². The Balaban J connectivity index is 2.10. The fourth-order valence-electron chi connectivity index (χ4n) is 2.66. The maximum absolute atomic E-state index is 12.9. The van der Waals surface area contributed by atoms with Crippen LogP contribution in [0.2, 0.25) is 0 Å². The van der Waals surface area contributed by atoms with Crippen LogP contribution < -0.4 is 0 Å². The van der Waals surface area contributed by atoms with Crippen LogP contribution in [0.1, 0.15) is 31.4 Å². The second kappa shape index (κ2) is 5.48. The summed E-state index contributed by atoms with van der Waals surface area (Å²) in [7, 11) is 0. The Morgan fingerprint density at radius 1 is 1.50 bits per heavy atom. The topological polar surface area (TPSA) is 40.5 Å². The molecular formula is C14H18FNO2. The minimum absolute atomic E-state index is 0.190. The van der Waals surface area contributed by atoms with Crippen molar-refractivity contribution in [3.63, 3.8) is 0 Å². The second-order valence-electron chi connectivity index (χ2n) is 4.79. The van der Waals surface area contributed by atoms with Crippen molar-refractivity contribution < 1.29 is 14.3 Å². The average Bonchev–Trinajstić information content (AvgIpc) is 2.82. The van der Waals surface area contributed by atoms with E-state index in [1.54, 1.807) is 12.1 Å². The first kappa shape index (κ1) is 13.0. The van der Waals surface area contributed by atoms with Gasteiger partial charge in [-0.05, 0) is 37.1 Å². The quantitative estimate of drug-likeness (QED) is 0.894. The first-order valence-corrected chi connectivity index (χ1v) is 6.34. The Labute approximate surface area is 106 Å². The van der Waals surface area contributed by atoms with E-state index in [-0.39, 0.29) is 17.8 Å². The predicted molar refractivity (Wildman–Crippen MR) is 66.7 cm³/mol. The van der Waals surface area contributed by atoms with Crippen LogP contribution in [0, 0.1) is 11.7 Å². The molecule has 1 fully saturated rings. The van der Waals surface area contributed by atoms with Crippen molar-refractivity contribution >= 4 is 5.97 Å². The molecular weight excluding hydrogens is 233 g/mol. The van der Waals surface area contributed by atoms with Gasteiger partial charge in [0.15, 0.2) is 0 Å². The van der Waals surface area contributed by atoms with Gasteiger partial charge in [-0.2, -0.15) is 0 Å². The molecule has 0 amide bonds. The van der Waals surface area contributed by atoms with Crippen LogP contribution in [0.4, 0.5) is 4.39 Å². The Kier molecular flexibility index (Phi) is 3.97. The number of carbonyl (C=O) groups is 1. The van der Waals surface area contributed by atoms with Gasteiger partial charge in [0, 0.05) is 12.6 Å². The molecule has 0 aromatic heterocycles. The van der Waals surface area contributed by atoms with Gasteiger partial charge >= 0.3 is 5.97 Å². The highest BCUT2D eigenvalue weighted by Gasteiger charge is 2.31. The van der Waals surface area contributed by atoms with Gasteiger partial charge in [-0.25, -0.2) is 4.39 Å². The number of halogens is 1. The van der Waals surface area contributed by atoms with E-state index >= 15 is 0 Å². The monoisotopic (exact) mass is 251 g/mol. The molecule has 0 radical (unpaired) electrons. The number of benzene rings is 1. The van der Waals surface area contributed by atoms with Gasteiger partial charge < -0.3 is 5.11 Å². The summed E-state index contributed by atoms with van der Waals surface area (Å²) < 4.78 is 12.9. The van der Waals surface area contributed by atoms with Crippen LogP contribution in [0.15, 0.2) is 24.3 Å². The van der Waals surface area contributed by atoms with Gasteiger partial charge in [0.25, 0.3) is 0 Å². The molecule has 0 aliphatic carbocycles. The third kappa shape index (κ3) is 2.70. The van der Waals surface area contributed by atoms with E-state index in [1.165, 1.54) is 12.1 Å². The maximum atomic E-state index is 12.9. The molecule has 4 heteroatoms. The van der Waals surface area contributed by atoms with Crippen LogP contribution >= 0.6 is 0 Å². The van der Waals surface area contributed by atoms with Gasteiger partial charge in [0.1, 0.15) is 5.82 Å².